The topological polar surface area (TPSA) is 9.23 Å². The molecule has 0 spiro atoms. The van der Waals surface area contributed by atoms with Crippen LogP contribution in [0.25, 0.3) is 0 Å². The van der Waals surface area contributed by atoms with Gasteiger partial charge in [0.05, 0.1) is 6.10 Å². The maximum atomic E-state index is 12.3. The van der Waals surface area contributed by atoms with Gasteiger partial charge in [-0.05, 0) is 26.2 Å². The van der Waals surface area contributed by atoms with E-state index < -0.39 is 12.3 Å². The Morgan fingerprint density at radius 3 is 1.77 bits per heavy atom. The molecule has 1 nitrogen and oxygen atoms in total. The molecule has 0 unspecified atom stereocenters. The summed E-state index contributed by atoms with van der Waals surface area (Å²) >= 11 is 0. The third-order valence-electron chi connectivity index (χ3n) is 1.49. The van der Waals surface area contributed by atoms with Crippen LogP contribution in [-0.4, -0.2) is 18.4 Å². The summed E-state index contributed by atoms with van der Waals surface area (Å²) in [5, 5.41) is 0. The van der Waals surface area contributed by atoms with Crippen LogP contribution in [0.5, 0.6) is 0 Å². The fourth-order valence-corrected chi connectivity index (χ4v) is 1.02. The highest BCUT2D eigenvalue weighted by Gasteiger charge is 2.41. The Balaban J connectivity index is 4.20. The van der Waals surface area contributed by atoms with Crippen LogP contribution < -0.4 is 0 Å². The SMILES string of the molecule is CC(C)C[C@@H](OC(C)C)C(F)(F)F. The molecule has 0 aliphatic heterocycles. The molecular weight excluding hydrogens is 181 g/mol. The number of alkyl halides is 3. The monoisotopic (exact) mass is 198 g/mol. The van der Waals surface area contributed by atoms with Crippen LogP contribution in [0, 0.1) is 5.92 Å². The minimum atomic E-state index is -4.24. The van der Waals surface area contributed by atoms with Gasteiger partial charge in [0.2, 0.25) is 0 Å². The van der Waals surface area contributed by atoms with E-state index in [0.29, 0.717) is 0 Å². The molecule has 0 saturated heterocycles. The molecule has 0 aliphatic carbocycles. The average Bonchev–Trinajstić information content (AvgIpc) is 1.81. The molecule has 4 heteroatoms. The fraction of sp³-hybridized carbons (Fsp3) is 1.00. The van der Waals surface area contributed by atoms with Crippen molar-refractivity contribution < 1.29 is 17.9 Å². The summed E-state index contributed by atoms with van der Waals surface area (Å²) in [5.41, 5.74) is 0. The highest BCUT2D eigenvalue weighted by Crippen LogP contribution is 2.28. The quantitative estimate of drug-likeness (QED) is 0.672. The third kappa shape index (κ3) is 5.91. The second-order valence-corrected chi connectivity index (χ2v) is 3.84. The minimum Gasteiger partial charge on any atom is -0.366 e. The first-order valence-electron chi connectivity index (χ1n) is 4.45. The molecule has 0 saturated carbocycles. The molecule has 0 aromatic carbocycles. The lowest BCUT2D eigenvalue weighted by atomic mass is 10.1. The fourth-order valence-electron chi connectivity index (χ4n) is 1.02. The van der Waals surface area contributed by atoms with Crippen molar-refractivity contribution in [3.8, 4) is 0 Å². The average molecular weight is 198 g/mol. The maximum Gasteiger partial charge on any atom is 0.414 e. The van der Waals surface area contributed by atoms with E-state index in [9.17, 15) is 13.2 Å². The summed E-state index contributed by atoms with van der Waals surface area (Å²) in [6, 6.07) is 0. The van der Waals surface area contributed by atoms with Gasteiger partial charge in [-0.25, -0.2) is 0 Å². The summed E-state index contributed by atoms with van der Waals surface area (Å²) in [6.07, 6.45) is -6.21. The van der Waals surface area contributed by atoms with Crippen molar-refractivity contribution in [1.82, 2.24) is 0 Å². The zero-order valence-corrected chi connectivity index (χ0v) is 8.48. The summed E-state index contributed by atoms with van der Waals surface area (Å²) in [6.45, 7) is 6.73. The smallest absolute Gasteiger partial charge is 0.366 e. The van der Waals surface area contributed by atoms with E-state index in [4.69, 9.17) is 4.74 Å². The molecule has 0 aromatic rings. The highest BCUT2D eigenvalue weighted by molar-refractivity contribution is 4.70. The molecule has 0 radical (unpaired) electrons. The second-order valence-electron chi connectivity index (χ2n) is 3.84. The van der Waals surface area contributed by atoms with Gasteiger partial charge in [-0.3, -0.25) is 0 Å². The largest absolute Gasteiger partial charge is 0.414 e. The molecule has 1 atom stereocenters. The zero-order chi connectivity index (χ0) is 10.6. The lowest BCUT2D eigenvalue weighted by molar-refractivity contribution is -0.233. The van der Waals surface area contributed by atoms with Gasteiger partial charge in [-0.2, -0.15) is 13.2 Å². The van der Waals surface area contributed by atoms with Crippen molar-refractivity contribution in [2.45, 2.75) is 52.5 Å². The standard InChI is InChI=1S/C9H17F3O/c1-6(2)5-8(9(10,11)12)13-7(3)4/h6-8H,5H2,1-4H3/t8-/m1/s1. The zero-order valence-electron chi connectivity index (χ0n) is 8.48. The Hall–Kier alpha value is -0.250. The van der Waals surface area contributed by atoms with Crippen molar-refractivity contribution in [3.05, 3.63) is 0 Å². The van der Waals surface area contributed by atoms with Gasteiger partial charge >= 0.3 is 6.18 Å². The first kappa shape index (κ1) is 12.8. The molecule has 0 rings (SSSR count). The van der Waals surface area contributed by atoms with Gasteiger partial charge in [0, 0.05) is 0 Å². The van der Waals surface area contributed by atoms with Crippen LogP contribution in [0.4, 0.5) is 13.2 Å². The second kappa shape index (κ2) is 4.84. The summed E-state index contributed by atoms with van der Waals surface area (Å²) in [7, 11) is 0. The van der Waals surface area contributed by atoms with Crippen LogP contribution in [0.3, 0.4) is 0 Å². The molecule has 13 heavy (non-hydrogen) atoms. The van der Waals surface area contributed by atoms with E-state index in [0.717, 1.165) is 0 Å². The Labute approximate surface area is 77.3 Å². The number of hydrogen-bond acceptors (Lipinski definition) is 1. The van der Waals surface area contributed by atoms with Gasteiger partial charge < -0.3 is 4.74 Å². The minimum absolute atomic E-state index is 0.00891. The molecule has 0 heterocycles. The number of hydrogen-bond donors (Lipinski definition) is 0. The predicted octanol–water partition coefficient (Wildman–Crippen LogP) is 3.39. The first-order chi connectivity index (χ1) is 5.73. The molecule has 0 aromatic heterocycles. The first-order valence-corrected chi connectivity index (χ1v) is 4.45. The molecule has 0 amide bonds. The summed E-state index contributed by atoms with van der Waals surface area (Å²) < 4.78 is 41.7. The molecule has 0 aliphatic rings. The van der Waals surface area contributed by atoms with Gasteiger partial charge in [-0.15, -0.1) is 0 Å². The van der Waals surface area contributed by atoms with Crippen molar-refractivity contribution in [2.75, 3.05) is 0 Å². The van der Waals surface area contributed by atoms with Crippen molar-refractivity contribution >= 4 is 0 Å². The number of rotatable bonds is 4. The summed E-state index contributed by atoms with van der Waals surface area (Å²) in [4.78, 5) is 0. The molecule has 0 N–H and O–H groups in total. The normalized spacial score (nSPS) is 15.5. The van der Waals surface area contributed by atoms with E-state index in [1.807, 2.05) is 0 Å². The van der Waals surface area contributed by atoms with E-state index in [1.54, 1.807) is 27.7 Å². The van der Waals surface area contributed by atoms with Crippen molar-refractivity contribution in [2.24, 2.45) is 5.92 Å². The lowest BCUT2D eigenvalue weighted by Gasteiger charge is -2.24. The van der Waals surface area contributed by atoms with Crippen molar-refractivity contribution in [3.63, 3.8) is 0 Å². The van der Waals surface area contributed by atoms with Crippen LogP contribution in [-0.2, 0) is 4.74 Å². The maximum absolute atomic E-state index is 12.3. The predicted molar refractivity (Wildman–Crippen MR) is 45.5 cm³/mol. The van der Waals surface area contributed by atoms with E-state index in [2.05, 4.69) is 0 Å². The van der Waals surface area contributed by atoms with Crippen molar-refractivity contribution in [1.29, 1.82) is 0 Å². The van der Waals surface area contributed by atoms with E-state index in [-0.39, 0.29) is 18.4 Å². The molecule has 0 fully saturated rings. The van der Waals surface area contributed by atoms with Gasteiger partial charge in [0.25, 0.3) is 0 Å². The molecule has 80 valence electrons. The van der Waals surface area contributed by atoms with Gasteiger partial charge in [-0.1, -0.05) is 13.8 Å². The summed E-state index contributed by atoms with van der Waals surface area (Å²) in [5.74, 6) is -0.00891. The van der Waals surface area contributed by atoms with E-state index >= 15 is 0 Å². The van der Waals surface area contributed by atoms with Crippen LogP contribution in [0.2, 0.25) is 0 Å². The van der Waals surface area contributed by atoms with Crippen LogP contribution in [0.15, 0.2) is 0 Å². The highest BCUT2D eigenvalue weighted by atomic mass is 19.4. The third-order valence-corrected chi connectivity index (χ3v) is 1.49. The Morgan fingerprint density at radius 1 is 1.08 bits per heavy atom. The van der Waals surface area contributed by atoms with Gasteiger partial charge in [0.1, 0.15) is 0 Å². The number of ether oxygens (including phenoxy) is 1. The Morgan fingerprint density at radius 2 is 1.54 bits per heavy atom. The van der Waals surface area contributed by atoms with E-state index in [1.165, 1.54) is 0 Å². The molecule has 0 bridgehead atoms. The molecular formula is C9H17F3O. The van der Waals surface area contributed by atoms with Crippen LogP contribution in [0.1, 0.15) is 34.1 Å². The lowest BCUT2D eigenvalue weighted by Crippen LogP contribution is -2.35. The number of halogens is 3. The Kier molecular flexibility index (Phi) is 4.75. The Bertz CT molecular complexity index is 130. The van der Waals surface area contributed by atoms with Gasteiger partial charge in [0.15, 0.2) is 6.10 Å². The van der Waals surface area contributed by atoms with Crippen LogP contribution >= 0.6 is 0 Å².